The predicted octanol–water partition coefficient (Wildman–Crippen LogP) is 2.18. The lowest BCUT2D eigenvalue weighted by Gasteiger charge is -2.34. The van der Waals surface area contributed by atoms with Gasteiger partial charge in [-0.1, -0.05) is 24.3 Å². The molecule has 1 aliphatic heterocycles. The Bertz CT molecular complexity index is 892. The predicted molar refractivity (Wildman–Crippen MR) is 97.3 cm³/mol. The minimum absolute atomic E-state index is 0.114. The quantitative estimate of drug-likeness (QED) is 0.781. The van der Waals surface area contributed by atoms with Gasteiger partial charge in [0.05, 0.1) is 12.2 Å². The van der Waals surface area contributed by atoms with E-state index in [1.807, 2.05) is 0 Å². The highest BCUT2D eigenvalue weighted by molar-refractivity contribution is 7.88. The highest BCUT2D eigenvalue weighted by Crippen LogP contribution is 2.15. The molecule has 0 spiro atoms. The van der Waals surface area contributed by atoms with E-state index < -0.39 is 15.8 Å². The summed E-state index contributed by atoms with van der Waals surface area (Å²) in [6.07, 6.45) is 0.155. The summed E-state index contributed by atoms with van der Waals surface area (Å²) in [5.41, 5.74) is 1.24. The summed E-state index contributed by atoms with van der Waals surface area (Å²) >= 11 is 0. The Morgan fingerprint density at radius 3 is 1.81 bits per heavy atom. The third kappa shape index (κ3) is 5.11. The number of benzene rings is 2. The zero-order valence-electron chi connectivity index (χ0n) is 14.6. The fraction of sp³-hybridized carbons (Fsp3) is 0.316. The van der Waals surface area contributed by atoms with E-state index in [1.165, 1.54) is 40.7 Å². The first-order valence-electron chi connectivity index (χ1n) is 8.58. The zero-order chi connectivity index (χ0) is 19.4. The molecule has 144 valence electrons. The molecule has 0 radical (unpaired) electrons. The normalized spacial score (nSPS) is 15.7. The van der Waals surface area contributed by atoms with Crippen LogP contribution in [0.3, 0.4) is 0 Å². The molecule has 3 rings (SSSR count). The number of piperazine rings is 1. The maximum absolute atomic E-state index is 13.0. The third-order valence-corrected chi connectivity index (χ3v) is 6.37. The van der Waals surface area contributed by atoms with Crippen LogP contribution in [0.15, 0.2) is 48.5 Å². The number of hydrogen-bond donors (Lipinski definition) is 0. The monoisotopic (exact) mass is 394 g/mol. The minimum atomic E-state index is -3.53. The molecule has 2 aromatic rings. The van der Waals surface area contributed by atoms with Crippen LogP contribution in [-0.2, 0) is 27.0 Å². The Morgan fingerprint density at radius 2 is 1.30 bits per heavy atom. The topological polar surface area (TPSA) is 57.7 Å². The second kappa shape index (κ2) is 8.14. The number of sulfonamides is 1. The number of hydrogen-bond acceptors (Lipinski definition) is 3. The fourth-order valence-electron chi connectivity index (χ4n) is 2.99. The molecular weight excluding hydrogens is 374 g/mol. The standard InChI is InChI=1S/C19H20F2N2O3S/c20-17-5-1-15(2-6-17)13-19(24)22-9-11-23(12-10-22)27(25,26)14-16-3-7-18(21)8-4-16/h1-8H,9-14H2. The van der Waals surface area contributed by atoms with Gasteiger partial charge < -0.3 is 4.90 Å². The van der Waals surface area contributed by atoms with Gasteiger partial charge in [0.15, 0.2) is 0 Å². The van der Waals surface area contributed by atoms with Crippen molar-refractivity contribution in [3.8, 4) is 0 Å². The van der Waals surface area contributed by atoms with Crippen molar-refractivity contribution in [3.63, 3.8) is 0 Å². The van der Waals surface area contributed by atoms with Gasteiger partial charge in [-0.25, -0.2) is 17.2 Å². The molecule has 0 aliphatic carbocycles. The lowest BCUT2D eigenvalue weighted by atomic mass is 10.1. The van der Waals surface area contributed by atoms with Gasteiger partial charge in [0.1, 0.15) is 11.6 Å². The average Bonchev–Trinajstić information content (AvgIpc) is 2.65. The van der Waals surface area contributed by atoms with E-state index in [0.29, 0.717) is 24.2 Å². The SMILES string of the molecule is O=C(Cc1ccc(F)cc1)N1CCN(S(=O)(=O)Cc2ccc(F)cc2)CC1. The van der Waals surface area contributed by atoms with Crippen LogP contribution in [0.2, 0.25) is 0 Å². The first kappa shape index (κ1) is 19.4. The van der Waals surface area contributed by atoms with Crippen molar-refractivity contribution < 1.29 is 22.0 Å². The molecule has 0 aromatic heterocycles. The molecular formula is C19H20F2N2O3S. The summed E-state index contributed by atoms with van der Waals surface area (Å²) in [6.45, 7) is 1.06. The Morgan fingerprint density at radius 1 is 0.815 bits per heavy atom. The van der Waals surface area contributed by atoms with E-state index in [2.05, 4.69) is 0 Å². The Hall–Kier alpha value is -2.32. The van der Waals surface area contributed by atoms with Crippen molar-refractivity contribution in [1.82, 2.24) is 9.21 Å². The number of carbonyl (C=O) groups excluding carboxylic acids is 1. The molecule has 27 heavy (non-hydrogen) atoms. The number of rotatable bonds is 5. The molecule has 2 aromatic carbocycles. The smallest absolute Gasteiger partial charge is 0.227 e. The summed E-state index contributed by atoms with van der Waals surface area (Å²) in [4.78, 5) is 14.0. The molecule has 0 unspecified atom stereocenters. The van der Waals surface area contributed by atoms with Gasteiger partial charge in [-0.05, 0) is 35.4 Å². The van der Waals surface area contributed by atoms with E-state index in [9.17, 15) is 22.0 Å². The van der Waals surface area contributed by atoms with Crippen LogP contribution in [0.1, 0.15) is 11.1 Å². The molecule has 0 bridgehead atoms. The number of halogens is 2. The van der Waals surface area contributed by atoms with Crippen LogP contribution >= 0.6 is 0 Å². The summed E-state index contributed by atoms with van der Waals surface area (Å²) in [5.74, 6) is -1.08. The van der Waals surface area contributed by atoms with E-state index in [-0.39, 0.29) is 37.0 Å². The molecule has 0 N–H and O–H groups in total. The summed E-state index contributed by atoms with van der Waals surface area (Å²) < 4.78 is 52.3. The zero-order valence-corrected chi connectivity index (χ0v) is 15.5. The first-order valence-corrected chi connectivity index (χ1v) is 10.2. The summed E-state index contributed by atoms with van der Waals surface area (Å²) in [7, 11) is -3.53. The highest BCUT2D eigenvalue weighted by atomic mass is 32.2. The van der Waals surface area contributed by atoms with Crippen molar-refractivity contribution in [2.45, 2.75) is 12.2 Å². The molecule has 1 fully saturated rings. The molecule has 1 aliphatic rings. The molecule has 1 saturated heterocycles. The van der Waals surface area contributed by atoms with Crippen LogP contribution in [0, 0.1) is 11.6 Å². The molecule has 5 nitrogen and oxygen atoms in total. The van der Waals surface area contributed by atoms with E-state index in [1.54, 1.807) is 17.0 Å². The molecule has 0 saturated carbocycles. The highest BCUT2D eigenvalue weighted by Gasteiger charge is 2.28. The van der Waals surface area contributed by atoms with Gasteiger partial charge in [0, 0.05) is 26.2 Å². The van der Waals surface area contributed by atoms with Crippen molar-refractivity contribution in [1.29, 1.82) is 0 Å². The van der Waals surface area contributed by atoms with Gasteiger partial charge >= 0.3 is 0 Å². The molecule has 0 atom stereocenters. The van der Waals surface area contributed by atoms with Crippen molar-refractivity contribution >= 4 is 15.9 Å². The van der Waals surface area contributed by atoms with Crippen molar-refractivity contribution in [2.75, 3.05) is 26.2 Å². The summed E-state index contributed by atoms with van der Waals surface area (Å²) in [6, 6.07) is 11.1. The van der Waals surface area contributed by atoms with Crippen LogP contribution < -0.4 is 0 Å². The van der Waals surface area contributed by atoms with Gasteiger partial charge in [0.2, 0.25) is 15.9 Å². The Balaban J connectivity index is 1.55. The molecule has 8 heteroatoms. The van der Waals surface area contributed by atoms with Crippen LogP contribution in [-0.4, -0.2) is 49.7 Å². The lowest BCUT2D eigenvalue weighted by Crippen LogP contribution is -2.51. The maximum atomic E-state index is 13.0. The maximum Gasteiger partial charge on any atom is 0.227 e. The number of carbonyl (C=O) groups is 1. The largest absolute Gasteiger partial charge is 0.340 e. The van der Waals surface area contributed by atoms with Gasteiger partial charge in [0.25, 0.3) is 0 Å². The average molecular weight is 394 g/mol. The van der Waals surface area contributed by atoms with Crippen molar-refractivity contribution in [3.05, 3.63) is 71.3 Å². The molecule has 1 heterocycles. The van der Waals surface area contributed by atoms with Gasteiger partial charge in [-0.15, -0.1) is 0 Å². The van der Waals surface area contributed by atoms with Crippen LogP contribution in [0.4, 0.5) is 8.78 Å². The minimum Gasteiger partial charge on any atom is -0.340 e. The fourth-order valence-corrected chi connectivity index (χ4v) is 4.50. The second-order valence-electron chi connectivity index (χ2n) is 6.47. The lowest BCUT2D eigenvalue weighted by molar-refractivity contribution is -0.131. The van der Waals surface area contributed by atoms with Gasteiger partial charge in [-0.3, -0.25) is 4.79 Å². The van der Waals surface area contributed by atoms with E-state index in [4.69, 9.17) is 0 Å². The number of nitrogens with zero attached hydrogens (tertiary/aromatic N) is 2. The van der Waals surface area contributed by atoms with Crippen molar-refractivity contribution in [2.24, 2.45) is 0 Å². The van der Waals surface area contributed by atoms with Gasteiger partial charge in [-0.2, -0.15) is 4.31 Å². The second-order valence-corrected chi connectivity index (χ2v) is 8.43. The van der Waals surface area contributed by atoms with Crippen LogP contribution in [0.5, 0.6) is 0 Å². The molecule has 1 amide bonds. The van der Waals surface area contributed by atoms with Crippen LogP contribution in [0.25, 0.3) is 0 Å². The Kier molecular flexibility index (Phi) is 5.86. The third-order valence-electron chi connectivity index (χ3n) is 4.52. The Labute approximate surface area is 157 Å². The van der Waals surface area contributed by atoms with E-state index >= 15 is 0 Å². The first-order chi connectivity index (χ1) is 12.8. The summed E-state index contributed by atoms with van der Waals surface area (Å²) in [5, 5.41) is 0. The number of amides is 1. The van der Waals surface area contributed by atoms with E-state index in [0.717, 1.165) is 0 Å².